The molecule has 3 unspecified atom stereocenters. The largest absolute Gasteiger partial charge is 0.306 e. The predicted molar refractivity (Wildman–Crippen MR) is 332 cm³/mol. The number of aromatic nitrogens is 6. The molecular formula is C66H72Cl3N9O3. The summed E-state index contributed by atoms with van der Waals surface area (Å²) in [6.07, 6.45) is 11.2. The van der Waals surface area contributed by atoms with Gasteiger partial charge in [0.05, 0.1) is 51.4 Å². The van der Waals surface area contributed by atoms with Crippen LogP contribution in [0.2, 0.25) is 15.1 Å². The molecule has 15 heteroatoms. The molecule has 6 heterocycles. The number of fused-ring (bicyclic) bond motifs is 3. The van der Waals surface area contributed by atoms with E-state index < -0.39 is 0 Å². The second-order valence-electron chi connectivity index (χ2n) is 22.3. The molecule has 0 amide bonds. The summed E-state index contributed by atoms with van der Waals surface area (Å²) in [5, 5.41) is 21.9. The van der Waals surface area contributed by atoms with Crippen molar-refractivity contribution >= 4 is 67.1 Å². The van der Waals surface area contributed by atoms with E-state index in [1.165, 1.54) is 0 Å². The lowest BCUT2D eigenvalue weighted by molar-refractivity contribution is 0.334. The van der Waals surface area contributed by atoms with Gasteiger partial charge in [-0.05, 0) is 189 Å². The lowest BCUT2D eigenvalue weighted by atomic mass is 10.0. The predicted octanol–water partition coefficient (Wildman–Crippen LogP) is 12.9. The molecule has 420 valence electrons. The number of nitrogens with zero attached hydrogens (tertiary/aromatic N) is 9. The molecule has 6 aromatic carbocycles. The Hall–Kier alpha value is -6.51. The zero-order valence-electron chi connectivity index (χ0n) is 46.7. The highest BCUT2D eigenvalue weighted by Gasteiger charge is 2.24. The van der Waals surface area contributed by atoms with E-state index in [9.17, 15) is 14.4 Å². The Bertz CT molecular complexity index is 3380. The van der Waals surface area contributed by atoms with Gasteiger partial charge in [0.15, 0.2) is 0 Å². The summed E-state index contributed by atoms with van der Waals surface area (Å²) in [5.74, 6) is 0. The molecule has 0 aliphatic carbocycles. The third-order valence-electron chi connectivity index (χ3n) is 16.4. The summed E-state index contributed by atoms with van der Waals surface area (Å²) in [7, 11) is 6.43. The van der Waals surface area contributed by atoms with Crippen LogP contribution in [-0.2, 0) is 19.3 Å². The van der Waals surface area contributed by atoms with Crippen LogP contribution in [0.15, 0.2) is 160 Å². The number of benzene rings is 6. The molecule has 12 rings (SSSR count). The van der Waals surface area contributed by atoms with Crippen molar-refractivity contribution in [2.45, 2.75) is 95.2 Å². The molecule has 0 spiro atoms. The van der Waals surface area contributed by atoms with Crippen LogP contribution in [-0.4, -0.2) is 104 Å². The molecule has 0 radical (unpaired) electrons. The first kappa shape index (κ1) is 57.7. The van der Waals surface area contributed by atoms with Crippen LogP contribution >= 0.6 is 34.8 Å². The summed E-state index contributed by atoms with van der Waals surface area (Å²) < 4.78 is 5.27. The average Bonchev–Trinajstić information content (AvgIpc) is 4.05. The highest BCUT2D eigenvalue weighted by atomic mass is 35.5. The fourth-order valence-corrected chi connectivity index (χ4v) is 12.1. The average molecular weight is 1150 g/mol. The standard InChI is InChI=1S/3C22H24ClN3O/c3*1-25-13-4-5-18(12-14-25)26-22(27)20-7-3-2-6-19(20)21(24-26)15-16-8-10-17(23)11-9-16/h3*2-3,6-11,18H,4-5,12-15H2,1H3. The summed E-state index contributed by atoms with van der Waals surface area (Å²) in [4.78, 5) is 46.4. The zero-order valence-corrected chi connectivity index (χ0v) is 49.0. The van der Waals surface area contributed by atoms with E-state index in [-0.39, 0.29) is 34.8 Å². The Morgan fingerprint density at radius 2 is 0.593 bits per heavy atom. The van der Waals surface area contributed by atoms with Crippen molar-refractivity contribution in [3.63, 3.8) is 0 Å². The fraction of sp³-hybridized carbons (Fsp3) is 0.364. The highest BCUT2D eigenvalue weighted by molar-refractivity contribution is 6.31. The monoisotopic (exact) mass is 1140 g/mol. The number of likely N-dealkylation sites (tertiary alicyclic amines) is 3. The third-order valence-corrected chi connectivity index (χ3v) is 17.1. The Balaban J connectivity index is 0.000000136. The van der Waals surface area contributed by atoms with Gasteiger partial charge >= 0.3 is 0 Å². The minimum atomic E-state index is 0.0278. The van der Waals surface area contributed by atoms with E-state index in [0.717, 1.165) is 178 Å². The van der Waals surface area contributed by atoms with Crippen molar-refractivity contribution in [1.29, 1.82) is 0 Å². The van der Waals surface area contributed by atoms with Crippen LogP contribution in [0.25, 0.3) is 32.3 Å². The smallest absolute Gasteiger partial charge is 0.274 e. The Labute approximate surface area is 489 Å². The first-order valence-corrected chi connectivity index (χ1v) is 29.8. The van der Waals surface area contributed by atoms with Gasteiger partial charge in [0.25, 0.3) is 16.7 Å². The molecule has 3 aliphatic heterocycles. The second kappa shape index (κ2) is 27.0. The maximum Gasteiger partial charge on any atom is 0.274 e. The number of halogens is 3. The normalized spacial score (nSPS) is 18.5. The van der Waals surface area contributed by atoms with Gasteiger partial charge in [0.2, 0.25) is 0 Å². The maximum atomic E-state index is 13.1. The van der Waals surface area contributed by atoms with E-state index in [0.29, 0.717) is 19.3 Å². The molecule has 3 aromatic heterocycles. The van der Waals surface area contributed by atoms with Crippen molar-refractivity contribution in [3.8, 4) is 0 Å². The van der Waals surface area contributed by atoms with Crippen molar-refractivity contribution in [1.82, 2.24) is 44.0 Å². The minimum Gasteiger partial charge on any atom is -0.306 e. The van der Waals surface area contributed by atoms with Crippen LogP contribution in [0.5, 0.6) is 0 Å². The first-order valence-electron chi connectivity index (χ1n) is 28.7. The molecule has 3 aliphatic rings. The first-order chi connectivity index (χ1) is 39.3. The molecule has 0 bridgehead atoms. The molecule has 12 nitrogen and oxygen atoms in total. The van der Waals surface area contributed by atoms with Crippen LogP contribution in [0.4, 0.5) is 0 Å². The van der Waals surface area contributed by atoms with E-state index >= 15 is 0 Å². The van der Waals surface area contributed by atoms with Crippen molar-refractivity contribution < 1.29 is 0 Å². The van der Waals surface area contributed by atoms with Crippen molar-refractivity contribution in [2.75, 3.05) is 60.4 Å². The SMILES string of the molecule is CN1CCCC(n2nc(Cc3ccc(Cl)cc3)c3ccccc3c2=O)CC1.CN1CCCC(n2nc(Cc3ccc(Cl)cc3)c3ccccc3c2=O)CC1.CN1CCCC(n2nc(Cc3ccc(Cl)cc3)c3ccccc3c2=O)CC1. The highest BCUT2D eigenvalue weighted by Crippen LogP contribution is 2.28. The van der Waals surface area contributed by atoms with Gasteiger partial charge in [-0.25, -0.2) is 14.0 Å². The summed E-state index contributed by atoms with van der Waals surface area (Å²) in [6.45, 7) is 6.23. The van der Waals surface area contributed by atoms with Gasteiger partial charge in [-0.1, -0.05) is 126 Å². The zero-order chi connectivity index (χ0) is 56.4. The lowest BCUT2D eigenvalue weighted by Crippen LogP contribution is -2.29. The van der Waals surface area contributed by atoms with E-state index in [2.05, 4.69) is 35.8 Å². The second-order valence-corrected chi connectivity index (χ2v) is 23.6. The summed E-state index contributed by atoms with van der Waals surface area (Å²) >= 11 is 18.1. The van der Waals surface area contributed by atoms with Gasteiger partial charge in [-0.3, -0.25) is 14.4 Å². The van der Waals surface area contributed by atoms with Gasteiger partial charge in [0, 0.05) is 50.5 Å². The van der Waals surface area contributed by atoms with Gasteiger partial charge < -0.3 is 14.7 Å². The maximum absolute atomic E-state index is 13.1. The molecule has 0 saturated carbocycles. The van der Waals surface area contributed by atoms with Crippen LogP contribution in [0, 0.1) is 0 Å². The Morgan fingerprint density at radius 3 is 0.852 bits per heavy atom. The Morgan fingerprint density at radius 1 is 0.346 bits per heavy atom. The van der Waals surface area contributed by atoms with Crippen LogP contribution < -0.4 is 16.7 Å². The van der Waals surface area contributed by atoms with Crippen molar-refractivity contribution in [3.05, 3.63) is 225 Å². The lowest BCUT2D eigenvalue weighted by Gasteiger charge is -2.19. The van der Waals surface area contributed by atoms with Crippen molar-refractivity contribution in [2.24, 2.45) is 0 Å². The van der Waals surface area contributed by atoms with E-state index in [1.54, 1.807) is 14.0 Å². The topological polar surface area (TPSA) is 114 Å². The van der Waals surface area contributed by atoms with Gasteiger partial charge in [-0.15, -0.1) is 0 Å². The van der Waals surface area contributed by atoms with E-state index in [4.69, 9.17) is 50.1 Å². The molecule has 0 N–H and O–H groups in total. The molecule has 3 fully saturated rings. The summed E-state index contributed by atoms with van der Waals surface area (Å²) in [5.41, 5.74) is 6.36. The van der Waals surface area contributed by atoms with Gasteiger partial charge in [-0.2, -0.15) is 15.3 Å². The van der Waals surface area contributed by atoms with Gasteiger partial charge in [0.1, 0.15) is 0 Å². The molecule has 81 heavy (non-hydrogen) atoms. The van der Waals surface area contributed by atoms with E-state index in [1.807, 2.05) is 146 Å². The number of hydrogen-bond acceptors (Lipinski definition) is 9. The molecule has 3 saturated heterocycles. The number of rotatable bonds is 9. The van der Waals surface area contributed by atoms with Crippen LogP contribution in [0.1, 0.15) is 110 Å². The fourth-order valence-electron chi connectivity index (χ4n) is 11.7. The summed E-state index contributed by atoms with van der Waals surface area (Å²) in [6, 6.07) is 47.5. The quantitative estimate of drug-likeness (QED) is 0.139. The van der Waals surface area contributed by atoms with Crippen LogP contribution in [0.3, 0.4) is 0 Å². The molecule has 3 atom stereocenters. The molecule has 9 aromatic rings. The third kappa shape index (κ3) is 14.4. The Kier molecular flexibility index (Phi) is 19.3. The molecular weight excluding hydrogens is 1070 g/mol. The number of hydrogen-bond donors (Lipinski definition) is 0. The minimum absolute atomic E-state index is 0.0278.